The van der Waals surface area contributed by atoms with E-state index in [1.807, 2.05) is 13.0 Å². The Morgan fingerprint density at radius 1 is 1.77 bits per heavy atom. The number of aliphatic hydroxyl groups excluding tert-OH is 1. The summed E-state index contributed by atoms with van der Waals surface area (Å²) in [4.78, 5) is 11.0. The lowest BCUT2D eigenvalue weighted by atomic mass is 9.77. The van der Waals surface area contributed by atoms with E-state index in [-0.39, 0.29) is 17.5 Å². The van der Waals surface area contributed by atoms with Crippen LogP contribution in [0.5, 0.6) is 0 Å². The summed E-state index contributed by atoms with van der Waals surface area (Å²) < 4.78 is 4.61. The zero-order valence-electron chi connectivity index (χ0n) is 8.12. The third-order valence-corrected chi connectivity index (χ3v) is 2.51. The number of hydrogen-bond donors (Lipinski definition) is 1. The lowest BCUT2D eigenvalue weighted by Crippen LogP contribution is -2.25. The number of hydrogen-bond acceptors (Lipinski definition) is 3. The quantitative estimate of drug-likeness (QED) is 0.519. The SMILES string of the molecule is COC(=O)C[C@]1(C)C=C[C@@H](O)CC1. The number of allylic oxidation sites excluding steroid dienone is 1. The van der Waals surface area contributed by atoms with E-state index >= 15 is 0 Å². The number of methoxy groups -OCH3 is 1. The minimum atomic E-state index is -0.342. The van der Waals surface area contributed by atoms with Gasteiger partial charge < -0.3 is 9.84 Å². The van der Waals surface area contributed by atoms with Crippen molar-refractivity contribution in [3.8, 4) is 0 Å². The average Bonchev–Trinajstić information content (AvgIpc) is 2.10. The molecule has 0 spiro atoms. The second-order valence-corrected chi connectivity index (χ2v) is 3.87. The summed E-state index contributed by atoms with van der Waals surface area (Å²) in [7, 11) is 1.40. The van der Waals surface area contributed by atoms with Crippen molar-refractivity contribution in [1.29, 1.82) is 0 Å². The predicted octanol–water partition coefficient (Wildman–Crippen LogP) is 1.27. The molecule has 1 aliphatic rings. The first-order chi connectivity index (χ1) is 6.06. The smallest absolute Gasteiger partial charge is 0.306 e. The molecule has 0 bridgehead atoms. The van der Waals surface area contributed by atoms with Gasteiger partial charge in [0.15, 0.2) is 0 Å². The van der Waals surface area contributed by atoms with Crippen molar-refractivity contribution in [3.63, 3.8) is 0 Å². The van der Waals surface area contributed by atoms with Crippen LogP contribution < -0.4 is 0 Å². The van der Waals surface area contributed by atoms with Crippen molar-refractivity contribution in [1.82, 2.24) is 0 Å². The summed E-state index contributed by atoms with van der Waals surface area (Å²) in [5, 5.41) is 9.23. The normalized spacial score (nSPS) is 33.0. The van der Waals surface area contributed by atoms with Gasteiger partial charge in [-0.05, 0) is 18.3 Å². The third kappa shape index (κ3) is 2.84. The van der Waals surface area contributed by atoms with Gasteiger partial charge in [-0.3, -0.25) is 4.79 Å². The van der Waals surface area contributed by atoms with Gasteiger partial charge in [-0.25, -0.2) is 0 Å². The Balaban J connectivity index is 2.57. The fraction of sp³-hybridized carbons (Fsp3) is 0.700. The molecule has 74 valence electrons. The first-order valence-electron chi connectivity index (χ1n) is 4.50. The van der Waals surface area contributed by atoms with E-state index in [0.717, 1.165) is 12.8 Å². The fourth-order valence-corrected chi connectivity index (χ4v) is 1.55. The number of esters is 1. The zero-order valence-corrected chi connectivity index (χ0v) is 8.12. The summed E-state index contributed by atoms with van der Waals surface area (Å²) in [6.07, 6.45) is 5.28. The molecular weight excluding hydrogens is 168 g/mol. The van der Waals surface area contributed by atoms with Gasteiger partial charge in [0.05, 0.1) is 19.6 Å². The Morgan fingerprint density at radius 3 is 2.92 bits per heavy atom. The molecule has 0 fully saturated rings. The van der Waals surface area contributed by atoms with E-state index < -0.39 is 0 Å². The maximum absolute atomic E-state index is 11.0. The summed E-state index contributed by atoms with van der Waals surface area (Å²) in [6, 6.07) is 0. The van der Waals surface area contributed by atoms with Crippen molar-refractivity contribution >= 4 is 5.97 Å². The highest BCUT2D eigenvalue weighted by atomic mass is 16.5. The number of rotatable bonds is 2. The number of ether oxygens (including phenoxy) is 1. The van der Waals surface area contributed by atoms with Gasteiger partial charge in [0.25, 0.3) is 0 Å². The van der Waals surface area contributed by atoms with Crippen LogP contribution in [0.25, 0.3) is 0 Å². The van der Waals surface area contributed by atoms with Crippen LogP contribution in [0, 0.1) is 5.41 Å². The molecule has 0 aliphatic heterocycles. The zero-order chi connectivity index (χ0) is 9.90. The van der Waals surface area contributed by atoms with Crippen LogP contribution in [0.15, 0.2) is 12.2 Å². The third-order valence-electron chi connectivity index (χ3n) is 2.51. The molecule has 1 aliphatic carbocycles. The second-order valence-electron chi connectivity index (χ2n) is 3.87. The molecule has 0 heterocycles. The molecule has 0 aromatic heterocycles. The second kappa shape index (κ2) is 3.92. The topological polar surface area (TPSA) is 46.5 Å². The van der Waals surface area contributed by atoms with Crippen LogP contribution in [-0.2, 0) is 9.53 Å². The van der Waals surface area contributed by atoms with E-state index in [0.29, 0.717) is 6.42 Å². The van der Waals surface area contributed by atoms with Crippen LogP contribution in [0.3, 0.4) is 0 Å². The van der Waals surface area contributed by atoms with Gasteiger partial charge in [-0.2, -0.15) is 0 Å². The van der Waals surface area contributed by atoms with Crippen LogP contribution in [-0.4, -0.2) is 24.3 Å². The first-order valence-corrected chi connectivity index (χ1v) is 4.50. The molecule has 0 amide bonds. The average molecular weight is 184 g/mol. The molecule has 0 radical (unpaired) electrons. The van der Waals surface area contributed by atoms with E-state index in [1.54, 1.807) is 6.08 Å². The Kier molecular flexibility index (Phi) is 3.09. The Bertz CT molecular complexity index is 222. The highest BCUT2D eigenvalue weighted by molar-refractivity contribution is 5.70. The van der Waals surface area contributed by atoms with Crippen LogP contribution in [0.1, 0.15) is 26.2 Å². The molecule has 1 N–H and O–H groups in total. The number of carbonyl (C=O) groups is 1. The molecule has 0 aromatic rings. The van der Waals surface area contributed by atoms with E-state index in [1.165, 1.54) is 7.11 Å². The van der Waals surface area contributed by atoms with Crippen molar-refractivity contribution < 1.29 is 14.6 Å². The molecular formula is C10H16O3. The van der Waals surface area contributed by atoms with Gasteiger partial charge in [0, 0.05) is 0 Å². The highest BCUT2D eigenvalue weighted by Gasteiger charge is 2.28. The van der Waals surface area contributed by atoms with Gasteiger partial charge in [-0.15, -0.1) is 0 Å². The van der Waals surface area contributed by atoms with Gasteiger partial charge in [0.1, 0.15) is 0 Å². The van der Waals surface area contributed by atoms with Crippen LogP contribution in [0.4, 0.5) is 0 Å². The molecule has 0 saturated carbocycles. The maximum Gasteiger partial charge on any atom is 0.306 e. The fourth-order valence-electron chi connectivity index (χ4n) is 1.55. The Hall–Kier alpha value is -0.830. The number of aliphatic hydroxyl groups is 1. The molecule has 3 nitrogen and oxygen atoms in total. The standard InChI is InChI=1S/C10H16O3/c1-10(7-9(12)13-2)5-3-8(11)4-6-10/h3,5,8,11H,4,6-7H2,1-2H3/t8-,10-/m1/s1. The summed E-state index contributed by atoms with van der Waals surface area (Å²) in [6.45, 7) is 2.01. The van der Waals surface area contributed by atoms with Crippen molar-refractivity contribution in [2.75, 3.05) is 7.11 Å². The maximum atomic E-state index is 11.0. The van der Waals surface area contributed by atoms with Gasteiger partial charge in [-0.1, -0.05) is 19.1 Å². The highest BCUT2D eigenvalue weighted by Crippen LogP contribution is 2.34. The Morgan fingerprint density at radius 2 is 2.46 bits per heavy atom. The van der Waals surface area contributed by atoms with Crippen LogP contribution in [0.2, 0.25) is 0 Å². The van der Waals surface area contributed by atoms with Crippen molar-refractivity contribution in [2.45, 2.75) is 32.3 Å². The van der Waals surface area contributed by atoms with E-state index in [2.05, 4.69) is 4.74 Å². The molecule has 0 aromatic carbocycles. The lowest BCUT2D eigenvalue weighted by Gasteiger charge is -2.29. The number of carbonyl (C=O) groups excluding carboxylic acids is 1. The summed E-state index contributed by atoms with van der Waals surface area (Å²) in [5.41, 5.74) is -0.133. The molecule has 0 unspecified atom stereocenters. The van der Waals surface area contributed by atoms with Crippen molar-refractivity contribution in [3.05, 3.63) is 12.2 Å². The minimum absolute atomic E-state index is 0.133. The van der Waals surface area contributed by atoms with E-state index in [9.17, 15) is 9.90 Å². The minimum Gasteiger partial charge on any atom is -0.469 e. The molecule has 0 saturated heterocycles. The van der Waals surface area contributed by atoms with Crippen LogP contribution >= 0.6 is 0 Å². The van der Waals surface area contributed by atoms with Gasteiger partial charge >= 0.3 is 5.97 Å². The lowest BCUT2D eigenvalue weighted by molar-refractivity contribution is -0.142. The van der Waals surface area contributed by atoms with Crippen molar-refractivity contribution in [2.24, 2.45) is 5.41 Å². The first kappa shape index (κ1) is 10.3. The largest absolute Gasteiger partial charge is 0.469 e. The monoisotopic (exact) mass is 184 g/mol. The molecule has 2 atom stereocenters. The summed E-state index contributed by atoms with van der Waals surface area (Å²) in [5.74, 6) is -0.191. The summed E-state index contributed by atoms with van der Waals surface area (Å²) >= 11 is 0. The van der Waals surface area contributed by atoms with E-state index in [4.69, 9.17) is 0 Å². The molecule has 1 rings (SSSR count). The van der Waals surface area contributed by atoms with Gasteiger partial charge in [0.2, 0.25) is 0 Å². The molecule has 3 heteroatoms. The molecule has 13 heavy (non-hydrogen) atoms. The predicted molar refractivity (Wildman–Crippen MR) is 49.1 cm³/mol. The Labute approximate surface area is 78.4 Å².